The molecule has 4 heteroatoms. The summed E-state index contributed by atoms with van der Waals surface area (Å²) in [6.45, 7) is 2.64. The van der Waals surface area contributed by atoms with Gasteiger partial charge in [-0.3, -0.25) is 0 Å². The summed E-state index contributed by atoms with van der Waals surface area (Å²) in [6.07, 6.45) is 6.92. The van der Waals surface area contributed by atoms with Crippen molar-refractivity contribution in [3.8, 4) is 0 Å². The van der Waals surface area contributed by atoms with Crippen molar-refractivity contribution in [1.29, 1.82) is 0 Å². The van der Waals surface area contributed by atoms with Crippen LogP contribution in [0.5, 0.6) is 0 Å². The summed E-state index contributed by atoms with van der Waals surface area (Å²) in [5.74, 6) is 1.15. The zero-order chi connectivity index (χ0) is 20.6. The minimum atomic E-state index is 0.394. The molecule has 0 amide bonds. The summed E-state index contributed by atoms with van der Waals surface area (Å²) in [7, 11) is 1.00. The van der Waals surface area contributed by atoms with Crippen molar-refractivity contribution in [3.05, 3.63) is 70.8 Å². The first kappa shape index (κ1) is 21.5. The Balaban J connectivity index is 0.00000117. The molecule has 2 aromatic rings. The molecule has 0 bridgehead atoms. The molecule has 3 atom stereocenters. The van der Waals surface area contributed by atoms with Crippen LogP contribution >= 0.6 is 0 Å². The molecule has 3 unspecified atom stereocenters. The average molecular weight is 395 g/mol. The van der Waals surface area contributed by atoms with E-state index < -0.39 is 0 Å². The summed E-state index contributed by atoms with van der Waals surface area (Å²) in [6, 6.07) is 17.7. The highest BCUT2D eigenvalue weighted by Crippen LogP contribution is 2.36. The van der Waals surface area contributed by atoms with Crippen LogP contribution in [-0.4, -0.2) is 24.0 Å². The van der Waals surface area contributed by atoms with Crippen LogP contribution in [0.25, 0.3) is 0 Å². The number of hydrogen-bond acceptors (Lipinski definition) is 4. The first-order valence-corrected chi connectivity index (χ1v) is 10.7. The molecule has 0 spiro atoms. The van der Waals surface area contributed by atoms with Gasteiger partial charge >= 0.3 is 0 Å². The van der Waals surface area contributed by atoms with Crippen molar-refractivity contribution in [2.45, 2.75) is 64.0 Å². The standard InChI is InChI=1S/C24H30N2O.CH4O/c1-17(26-27-16-18-5-3-2-4-6-18)19-7-8-21-14-22(10-9-20(21)13-19)23-11-12-24(25)15-23;1-2/h2-6,9-10,14,19,23-24H,7-8,11-13,15-16,25H2,1H3;2H,1H3/b26-17+;. The third kappa shape index (κ3) is 5.68. The third-order valence-electron chi connectivity index (χ3n) is 6.28. The lowest BCUT2D eigenvalue weighted by Crippen LogP contribution is -2.21. The molecule has 4 rings (SSSR count). The summed E-state index contributed by atoms with van der Waals surface area (Å²) in [5.41, 5.74) is 12.9. The molecule has 0 aromatic heterocycles. The van der Waals surface area contributed by atoms with Gasteiger partial charge in [0, 0.05) is 19.1 Å². The Morgan fingerprint density at radius 3 is 2.59 bits per heavy atom. The predicted octanol–water partition coefficient (Wildman–Crippen LogP) is 4.59. The molecule has 1 saturated carbocycles. The fourth-order valence-electron chi connectivity index (χ4n) is 4.56. The van der Waals surface area contributed by atoms with Crippen molar-refractivity contribution < 1.29 is 9.94 Å². The Labute approximate surface area is 174 Å². The van der Waals surface area contributed by atoms with Gasteiger partial charge < -0.3 is 15.7 Å². The van der Waals surface area contributed by atoms with E-state index >= 15 is 0 Å². The van der Waals surface area contributed by atoms with Crippen LogP contribution in [0.15, 0.2) is 53.7 Å². The highest BCUT2D eigenvalue weighted by atomic mass is 16.6. The minimum Gasteiger partial charge on any atom is -0.400 e. The number of fused-ring (bicyclic) bond motifs is 1. The largest absolute Gasteiger partial charge is 0.400 e. The zero-order valence-corrected chi connectivity index (χ0v) is 17.7. The normalized spacial score (nSPS) is 23.7. The fraction of sp³-hybridized carbons (Fsp3) is 0.480. The van der Waals surface area contributed by atoms with E-state index in [1.54, 1.807) is 0 Å². The highest BCUT2D eigenvalue weighted by Gasteiger charge is 2.26. The number of hydrogen-bond donors (Lipinski definition) is 2. The van der Waals surface area contributed by atoms with Gasteiger partial charge in [0.1, 0.15) is 6.61 Å². The number of aryl methyl sites for hydroxylation is 1. The zero-order valence-electron chi connectivity index (χ0n) is 17.7. The van der Waals surface area contributed by atoms with Gasteiger partial charge in [0.15, 0.2) is 0 Å². The Bertz CT molecular complexity index is 804. The van der Waals surface area contributed by atoms with E-state index in [-0.39, 0.29) is 0 Å². The quantitative estimate of drug-likeness (QED) is 0.576. The lowest BCUT2D eigenvalue weighted by Gasteiger charge is -2.25. The van der Waals surface area contributed by atoms with Crippen molar-refractivity contribution in [3.63, 3.8) is 0 Å². The number of nitrogens with zero attached hydrogens (tertiary/aromatic N) is 1. The second-order valence-electron chi connectivity index (χ2n) is 8.23. The van der Waals surface area contributed by atoms with E-state index in [0.29, 0.717) is 24.5 Å². The van der Waals surface area contributed by atoms with Crippen LogP contribution in [0.3, 0.4) is 0 Å². The van der Waals surface area contributed by atoms with Crippen LogP contribution in [0.2, 0.25) is 0 Å². The van der Waals surface area contributed by atoms with Gasteiger partial charge in [-0.2, -0.15) is 0 Å². The monoisotopic (exact) mass is 394 g/mol. The lowest BCUT2D eigenvalue weighted by atomic mass is 9.80. The van der Waals surface area contributed by atoms with E-state index in [2.05, 4.69) is 42.4 Å². The molecule has 0 radical (unpaired) electrons. The topological polar surface area (TPSA) is 67.8 Å². The SMILES string of the molecule is C/C(=N\OCc1ccccc1)C1CCc2cc(C3CCC(N)C3)ccc2C1.CO. The summed E-state index contributed by atoms with van der Waals surface area (Å²) >= 11 is 0. The summed E-state index contributed by atoms with van der Waals surface area (Å²) in [5, 5.41) is 11.4. The fourth-order valence-corrected chi connectivity index (χ4v) is 4.56. The van der Waals surface area contributed by atoms with Gasteiger partial charge in [-0.05, 0) is 73.6 Å². The number of nitrogens with two attached hydrogens (primary N) is 1. The molecule has 0 heterocycles. The molecule has 3 N–H and O–H groups in total. The van der Waals surface area contributed by atoms with Crippen molar-refractivity contribution in [1.82, 2.24) is 0 Å². The molecule has 0 aliphatic heterocycles. The Kier molecular flexibility index (Phi) is 7.84. The van der Waals surface area contributed by atoms with Crippen molar-refractivity contribution in [2.75, 3.05) is 7.11 Å². The molecule has 2 aliphatic rings. The maximum absolute atomic E-state index is 7.00. The molecule has 29 heavy (non-hydrogen) atoms. The number of aliphatic hydroxyl groups excluding tert-OH is 1. The maximum atomic E-state index is 7.00. The summed E-state index contributed by atoms with van der Waals surface area (Å²) < 4.78 is 0. The maximum Gasteiger partial charge on any atom is 0.142 e. The van der Waals surface area contributed by atoms with Gasteiger partial charge in [0.25, 0.3) is 0 Å². The predicted molar refractivity (Wildman–Crippen MR) is 119 cm³/mol. The second-order valence-corrected chi connectivity index (χ2v) is 8.23. The van der Waals surface area contributed by atoms with Crippen LogP contribution in [-0.2, 0) is 24.3 Å². The van der Waals surface area contributed by atoms with E-state index in [9.17, 15) is 0 Å². The van der Waals surface area contributed by atoms with Crippen molar-refractivity contribution in [2.24, 2.45) is 16.8 Å². The second kappa shape index (κ2) is 10.6. The number of benzene rings is 2. The number of aliphatic hydroxyl groups is 1. The first-order valence-electron chi connectivity index (χ1n) is 10.7. The lowest BCUT2D eigenvalue weighted by molar-refractivity contribution is 0.128. The highest BCUT2D eigenvalue weighted by molar-refractivity contribution is 5.84. The molecule has 0 saturated heterocycles. The minimum absolute atomic E-state index is 0.394. The number of rotatable bonds is 5. The Hall–Kier alpha value is -2.17. The van der Waals surface area contributed by atoms with Gasteiger partial charge in [0.2, 0.25) is 0 Å². The van der Waals surface area contributed by atoms with E-state index in [0.717, 1.165) is 44.1 Å². The van der Waals surface area contributed by atoms with Gasteiger partial charge in [-0.25, -0.2) is 0 Å². The van der Waals surface area contributed by atoms with Crippen LogP contribution in [0, 0.1) is 5.92 Å². The van der Waals surface area contributed by atoms with E-state index in [1.807, 2.05) is 18.2 Å². The van der Waals surface area contributed by atoms with Crippen LogP contribution < -0.4 is 5.73 Å². The first-order chi connectivity index (χ1) is 14.2. The molecular formula is C25H34N2O2. The van der Waals surface area contributed by atoms with Gasteiger partial charge in [-0.15, -0.1) is 0 Å². The molecule has 156 valence electrons. The van der Waals surface area contributed by atoms with E-state index in [4.69, 9.17) is 15.7 Å². The average Bonchev–Trinajstić information content (AvgIpc) is 3.21. The molecule has 2 aromatic carbocycles. The van der Waals surface area contributed by atoms with Gasteiger partial charge in [-0.1, -0.05) is 53.7 Å². The smallest absolute Gasteiger partial charge is 0.142 e. The molecular weight excluding hydrogens is 360 g/mol. The Morgan fingerprint density at radius 1 is 1.07 bits per heavy atom. The molecule has 1 fully saturated rings. The molecule has 4 nitrogen and oxygen atoms in total. The van der Waals surface area contributed by atoms with Gasteiger partial charge in [0.05, 0.1) is 5.71 Å². The van der Waals surface area contributed by atoms with Crippen molar-refractivity contribution >= 4 is 5.71 Å². The van der Waals surface area contributed by atoms with E-state index in [1.165, 1.54) is 29.5 Å². The Morgan fingerprint density at radius 2 is 1.86 bits per heavy atom. The third-order valence-corrected chi connectivity index (χ3v) is 6.28. The number of oxime groups is 1. The summed E-state index contributed by atoms with van der Waals surface area (Å²) in [4.78, 5) is 5.60. The van der Waals surface area contributed by atoms with Crippen LogP contribution in [0.1, 0.15) is 60.8 Å². The van der Waals surface area contributed by atoms with Crippen LogP contribution in [0.4, 0.5) is 0 Å². The molecule has 2 aliphatic carbocycles.